The first kappa shape index (κ1) is 23.7. The molecule has 1 heterocycles. The van der Waals surface area contributed by atoms with E-state index in [1.165, 1.54) is 12.1 Å². The normalized spacial score (nSPS) is 22.9. The maximum Gasteiger partial charge on any atom is 0.336 e. The molecule has 3 atom stereocenters. The zero-order valence-electron chi connectivity index (χ0n) is 19.0. The van der Waals surface area contributed by atoms with Gasteiger partial charge in [-0.05, 0) is 50.3 Å². The van der Waals surface area contributed by atoms with E-state index in [2.05, 4.69) is 5.32 Å². The van der Waals surface area contributed by atoms with Gasteiger partial charge in [0.15, 0.2) is 5.78 Å². The topological polar surface area (TPSA) is 81.7 Å². The molecule has 0 aromatic heterocycles. The number of nitrogens with one attached hydrogen (secondary N) is 1. The molecule has 6 nitrogen and oxygen atoms in total. The average Bonchev–Trinajstić information content (AvgIpc) is 2.73. The van der Waals surface area contributed by atoms with Crippen molar-refractivity contribution in [1.82, 2.24) is 5.32 Å². The fraction of sp³-hybridized carbons (Fsp3) is 0.480. The molecule has 0 spiro atoms. The van der Waals surface area contributed by atoms with Crippen molar-refractivity contribution in [2.45, 2.75) is 52.9 Å². The van der Waals surface area contributed by atoms with Crippen LogP contribution in [-0.2, 0) is 23.9 Å². The number of ether oxygens (including phenoxy) is 2. The van der Waals surface area contributed by atoms with E-state index < -0.39 is 35.4 Å². The highest BCUT2D eigenvalue weighted by molar-refractivity contribution is 6.12. The van der Waals surface area contributed by atoms with E-state index in [0.29, 0.717) is 40.9 Å². The highest BCUT2D eigenvalue weighted by atomic mass is 19.1. The van der Waals surface area contributed by atoms with Gasteiger partial charge in [0.2, 0.25) is 0 Å². The number of ketones is 1. The van der Waals surface area contributed by atoms with Crippen molar-refractivity contribution in [2.75, 3.05) is 13.2 Å². The Hall–Kier alpha value is -2.96. The summed E-state index contributed by atoms with van der Waals surface area (Å²) in [5.74, 6) is -4.05. The van der Waals surface area contributed by atoms with Gasteiger partial charge in [0.05, 0.1) is 18.8 Å². The summed E-state index contributed by atoms with van der Waals surface area (Å²) in [5, 5.41) is 3.30. The summed E-state index contributed by atoms with van der Waals surface area (Å²) >= 11 is 0. The first-order valence-corrected chi connectivity index (χ1v) is 11.2. The van der Waals surface area contributed by atoms with E-state index in [-0.39, 0.29) is 19.1 Å². The fourth-order valence-electron chi connectivity index (χ4n) is 4.62. The lowest BCUT2D eigenvalue weighted by Crippen LogP contribution is -2.43. The summed E-state index contributed by atoms with van der Waals surface area (Å²) in [6.07, 6.45) is 1.78. The summed E-state index contributed by atoms with van der Waals surface area (Å²) < 4.78 is 24.7. The van der Waals surface area contributed by atoms with Gasteiger partial charge in [-0.15, -0.1) is 0 Å². The van der Waals surface area contributed by atoms with E-state index in [4.69, 9.17) is 9.47 Å². The number of carbonyl (C=O) groups excluding carboxylic acids is 3. The minimum Gasteiger partial charge on any atom is -0.465 e. The van der Waals surface area contributed by atoms with E-state index in [1.54, 1.807) is 26.0 Å². The second kappa shape index (κ2) is 10.1. The molecular weight excluding hydrogens is 413 g/mol. The standard InChI is InChI=1S/C25H30FNO5/c1-5-9-17-22(25(30)32-7-3)20(15-10-8-11-16(26)13-15)21-18(27-17)12-14(4)19(23(21)28)24(29)31-6-2/h8,10-11,13-14,19-20,27H,5-7,9,12H2,1-4H3/t14-,19-,20-/m1/s1. The van der Waals surface area contributed by atoms with Crippen LogP contribution in [0.5, 0.6) is 0 Å². The lowest BCUT2D eigenvalue weighted by molar-refractivity contribution is -0.153. The predicted molar refractivity (Wildman–Crippen MR) is 117 cm³/mol. The Morgan fingerprint density at radius 2 is 1.88 bits per heavy atom. The number of hydrogen-bond acceptors (Lipinski definition) is 6. The third-order valence-corrected chi connectivity index (χ3v) is 5.89. The van der Waals surface area contributed by atoms with Gasteiger partial charge < -0.3 is 14.8 Å². The molecule has 3 rings (SSSR count). The molecule has 0 radical (unpaired) electrons. The molecular formula is C25H30FNO5. The smallest absolute Gasteiger partial charge is 0.336 e. The summed E-state index contributed by atoms with van der Waals surface area (Å²) in [7, 11) is 0. The maximum absolute atomic E-state index is 14.2. The Kier molecular flexibility index (Phi) is 7.48. The molecule has 172 valence electrons. The Balaban J connectivity index is 2.21. The zero-order valence-corrected chi connectivity index (χ0v) is 19.0. The number of dihydropyridines is 1. The van der Waals surface area contributed by atoms with Crippen LogP contribution >= 0.6 is 0 Å². The van der Waals surface area contributed by atoms with Crippen molar-refractivity contribution in [3.8, 4) is 0 Å². The van der Waals surface area contributed by atoms with Crippen LogP contribution in [0.25, 0.3) is 0 Å². The second-order valence-electron chi connectivity index (χ2n) is 8.14. The third kappa shape index (κ3) is 4.47. The Labute approximate surface area is 187 Å². The van der Waals surface area contributed by atoms with Crippen molar-refractivity contribution in [3.05, 3.63) is 58.2 Å². The third-order valence-electron chi connectivity index (χ3n) is 5.89. The van der Waals surface area contributed by atoms with Crippen molar-refractivity contribution < 1.29 is 28.2 Å². The van der Waals surface area contributed by atoms with Crippen molar-refractivity contribution >= 4 is 17.7 Å². The van der Waals surface area contributed by atoms with Crippen LogP contribution < -0.4 is 5.32 Å². The van der Waals surface area contributed by atoms with Crippen LogP contribution in [0.1, 0.15) is 58.4 Å². The highest BCUT2D eigenvalue weighted by Gasteiger charge is 2.47. The number of Topliss-reactive ketones (excluding diaryl/α,β-unsaturated/α-hetero) is 1. The molecule has 0 saturated carbocycles. The van der Waals surface area contributed by atoms with Crippen molar-refractivity contribution in [3.63, 3.8) is 0 Å². The number of benzene rings is 1. The van der Waals surface area contributed by atoms with E-state index >= 15 is 0 Å². The second-order valence-corrected chi connectivity index (χ2v) is 8.14. The fourth-order valence-corrected chi connectivity index (χ4v) is 4.62. The summed E-state index contributed by atoms with van der Waals surface area (Å²) in [5.41, 5.74) is 2.43. The van der Waals surface area contributed by atoms with Gasteiger partial charge in [0.25, 0.3) is 0 Å². The minimum atomic E-state index is -0.970. The first-order valence-electron chi connectivity index (χ1n) is 11.2. The lowest BCUT2D eigenvalue weighted by Gasteiger charge is -2.39. The van der Waals surface area contributed by atoms with E-state index in [0.717, 1.165) is 6.42 Å². The largest absolute Gasteiger partial charge is 0.465 e. The Bertz CT molecular complexity index is 980. The van der Waals surface area contributed by atoms with Gasteiger partial charge in [-0.2, -0.15) is 0 Å². The minimum absolute atomic E-state index is 0.167. The number of rotatable bonds is 7. The average molecular weight is 444 g/mol. The van der Waals surface area contributed by atoms with Gasteiger partial charge in [-0.1, -0.05) is 32.4 Å². The Morgan fingerprint density at radius 1 is 1.16 bits per heavy atom. The van der Waals surface area contributed by atoms with Crippen LogP contribution in [0.2, 0.25) is 0 Å². The van der Waals surface area contributed by atoms with Gasteiger partial charge in [0, 0.05) is 22.9 Å². The molecule has 1 aliphatic heterocycles. The Morgan fingerprint density at radius 3 is 2.50 bits per heavy atom. The molecule has 0 unspecified atom stereocenters. The highest BCUT2D eigenvalue weighted by Crippen LogP contribution is 2.46. The maximum atomic E-state index is 14.2. The lowest BCUT2D eigenvalue weighted by atomic mass is 9.69. The molecule has 7 heteroatoms. The van der Waals surface area contributed by atoms with Gasteiger partial charge in [-0.3, -0.25) is 9.59 Å². The predicted octanol–water partition coefficient (Wildman–Crippen LogP) is 4.17. The number of allylic oxidation sites excluding steroid dienone is 3. The summed E-state index contributed by atoms with van der Waals surface area (Å²) in [6, 6.07) is 5.88. The monoisotopic (exact) mass is 443 g/mol. The number of esters is 2. The quantitative estimate of drug-likeness (QED) is 0.503. The van der Waals surface area contributed by atoms with Crippen LogP contribution in [-0.4, -0.2) is 30.9 Å². The molecule has 0 bridgehead atoms. The molecule has 0 amide bonds. The van der Waals surface area contributed by atoms with Crippen LogP contribution in [0, 0.1) is 17.7 Å². The number of hydrogen-bond donors (Lipinski definition) is 1. The van der Waals surface area contributed by atoms with Crippen LogP contribution in [0.15, 0.2) is 46.8 Å². The van der Waals surface area contributed by atoms with Crippen LogP contribution in [0.4, 0.5) is 4.39 Å². The molecule has 1 aromatic rings. The summed E-state index contributed by atoms with van der Waals surface area (Å²) in [6.45, 7) is 7.56. The van der Waals surface area contributed by atoms with Crippen molar-refractivity contribution in [1.29, 1.82) is 0 Å². The van der Waals surface area contributed by atoms with Gasteiger partial charge in [0.1, 0.15) is 11.7 Å². The van der Waals surface area contributed by atoms with Crippen LogP contribution in [0.3, 0.4) is 0 Å². The summed E-state index contributed by atoms with van der Waals surface area (Å²) in [4.78, 5) is 39.4. The molecule has 32 heavy (non-hydrogen) atoms. The molecule has 1 aliphatic carbocycles. The molecule has 1 aromatic carbocycles. The van der Waals surface area contributed by atoms with Gasteiger partial charge >= 0.3 is 11.9 Å². The van der Waals surface area contributed by atoms with Gasteiger partial charge in [-0.25, -0.2) is 9.18 Å². The van der Waals surface area contributed by atoms with E-state index in [9.17, 15) is 18.8 Å². The van der Waals surface area contributed by atoms with Crippen molar-refractivity contribution in [2.24, 2.45) is 11.8 Å². The van der Waals surface area contributed by atoms with E-state index in [1.807, 2.05) is 13.8 Å². The molecule has 0 saturated heterocycles. The number of halogens is 1. The molecule has 2 aliphatic rings. The molecule has 1 N–H and O–H groups in total. The SMILES string of the molecule is CCCC1=C(C(=O)OCC)[C@H](c2cccc(F)c2)C2=C(C[C@@H](C)[C@@H](C(=O)OCC)C2=O)N1. The zero-order chi connectivity index (χ0) is 23.4. The molecule has 0 fully saturated rings. The first-order chi connectivity index (χ1) is 15.3. The number of carbonyl (C=O) groups is 3.